The van der Waals surface area contributed by atoms with Crippen molar-refractivity contribution in [3.8, 4) is 5.75 Å². The Labute approximate surface area is 111 Å². The number of benzene rings is 2. The van der Waals surface area contributed by atoms with E-state index >= 15 is 0 Å². The molecule has 0 spiro atoms. The van der Waals surface area contributed by atoms with E-state index in [1.54, 1.807) is 25.4 Å². The van der Waals surface area contributed by atoms with Crippen LogP contribution >= 0.6 is 0 Å². The van der Waals surface area contributed by atoms with Gasteiger partial charge >= 0.3 is 0 Å². The first kappa shape index (κ1) is 13.1. The van der Waals surface area contributed by atoms with Gasteiger partial charge in [0.05, 0.1) is 6.21 Å². The summed E-state index contributed by atoms with van der Waals surface area (Å²) < 4.78 is 18.4. The topological polar surface area (TPSA) is 33.6 Å². The molecule has 0 radical (unpaired) electrons. The summed E-state index contributed by atoms with van der Waals surface area (Å²) in [5.41, 5.74) is 4.57. The van der Waals surface area contributed by atoms with Crippen LogP contribution in [0.4, 0.5) is 4.39 Å². The van der Waals surface area contributed by atoms with Gasteiger partial charge in [-0.1, -0.05) is 24.3 Å². The van der Waals surface area contributed by atoms with E-state index < -0.39 is 0 Å². The zero-order valence-corrected chi connectivity index (χ0v) is 10.6. The Morgan fingerprint density at radius 3 is 2.74 bits per heavy atom. The van der Waals surface area contributed by atoms with Crippen molar-refractivity contribution in [2.45, 2.75) is 6.61 Å². The normalized spacial score (nSPS) is 10.6. The maximum absolute atomic E-state index is 12.8. The van der Waals surface area contributed by atoms with Gasteiger partial charge in [0.1, 0.15) is 18.2 Å². The second-order valence-electron chi connectivity index (χ2n) is 3.97. The molecule has 0 atom stereocenters. The number of nitrogens with one attached hydrogen (secondary N) is 1. The summed E-state index contributed by atoms with van der Waals surface area (Å²) in [6.45, 7) is 0.410. The highest BCUT2D eigenvalue weighted by atomic mass is 19.1. The van der Waals surface area contributed by atoms with Gasteiger partial charge < -0.3 is 10.2 Å². The van der Waals surface area contributed by atoms with E-state index in [1.807, 2.05) is 24.3 Å². The fourth-order valence-electron chi connectivity index (χ4n) is 1.57. The lowest BCUT2D eigenvalue weighted by Gasteiger charge is -2.06. The maximum Gasteiger partial charge on any atom is 0.123 e. The first-order valence-corrected chi connectivity index (χ1v) is 5.95. The van der Waals surface area contributed by atoms with Crippen molar-refractivity contribution in [3.63, 3.8) is 0 Å². The molecule has 0 aliphatic heterocycles. The minimum absolute atomic E-state index is 0.242. The quantitative estimate of drug-likeness (QED) is 0.660. The van der Waals surface area contributed by atoms with E-state index in [-0.39, 0.29) is 5.82 Å². The van der Waals surface area contributed by atoms with Crippen molar-refractivity contribution >= 4 is 6.21 Å². The lowest BCUT2D eigenvalue weighted by Crippen LogP contribution is -1.97. The van der Waals surface area contributed by atoms with Crippen molar-refractivity contribution in [1.82, 2.24) is 5.43 Å². The fourth-order valence-corrected chi connectivity index (χ4v) is 1.57. The number of hydrazone groups is 1. The summed E-state index contributed by atoms with van der Waals surface area (Å²) in [6.07, 6.45) is 1.71. The summed E-state index contributed by atoms with van der Waals surface area (Å²) in [7, 11) is 1.74. The molecule has 0 saturated heterocycles. The highest BCUT2D eigenvalue weighted by Gasteiger charge is 1.98. The van der Waals surface area contributed by atoms with Gasteiger partial charge in [0.15, 0.2) is 0 Å². The largest absolute Gasteiger partial charge is 0.489 e. The first-order valence-electron chi connectivity index (χ1n) is 5.95. The van der Waals surface area contributed by atoms with Crippen LogP contribution in [0.2, 0.25) is 0 Å². The zero-order valence-electron chi connectivity index (χ0n) is 10.6. The van der Waals surface area contributed by atoms with Crippen LogP contribution in [-0.4, -0.2) is 13.3 Å². The SMILES string of the molecule is CN/N=C/c1cccc(OCc2ccc(F)cc2)c1. The van der Waals surface area contributed by atoms with Crippen LogP contribution in [0.3, 0.4) is 0 Å². The average molecular weight is 258 g/mol. The van der Waals surface area contributed by atoms with Gasteiger partial charge in [-0.3, -0.25) is 0 Å². The molecule has 0 amide bonds. The zero-order chi connectivity index (χ0) is 13.5. The summed E-state index contributed by atoms with van der Waals surface area (Å²) in [6, 6.07) is 13.9. The Balaban J connectivity index is 1.99. The van der Waals surface area contributed by atoms with E-state index in [0.717, 1.165) is 16.9 Å². The van der Waals surface area contributed by atoms with Gasteiger partial charge in [-0.25, -0.2) is 4.39 Å². The third kappa shape index (κ3) is 4.10. The Hall–Kier alpha value is -2.36. The molecule has 0 bridgehead atoms. The summed E-state index contributed by atoms with van der Waals surface area (Å²) in [5.74, 6) is 0.512. The standard InChI is InChI=1S/C15H15FN2O/c1-17-18-10-13-3-2-4-15(9-13)19-11-12-5-7-14(16)8-6-12/h2-10,17H,11H2,1H3/b18-10+. The van der Waals surface area contributed by atoms with Crippen LogP contribution in [-0.2, 0) is 6.61 Å². The Kier molecular flexibility index (Phi) is 4.50. The van der Waals surface area contributed by atoms with Crippen LogP contribution in [0, 0.1) is 5.82 Å². The van der Waals surface area contributed by atoms with Crippen LogP contribution in [0.5, 0.6) is 5.75 Å². The molecule has 0 heterocycles. The predicted octanol–water partition coefficient (Wildman–Crippen LogP) is 2.96. The maximum atomic E-state index is 12.8. The summed E-state index contributed by atoms with van der Waals surface area (Å²) in [4.78, 5) is 0. The van der Waals surface area contributed by atoms with Crippen LogP contribution in [0.15, 0.2) is 53.6 Å². The fraction of sp³-hybridized carbons (Fsp3) is 0.133. The molecule has 0 aliphatic rings. The molecule has 2 aromatic carbocycles. The van der Waals surface area contributed by atoms with E-state index in [9.17, 15) is 4.39 Å². The molecule has 0 aliphatic carbocycles. The highest BCUT2D eigenvalue weighted by molar-refractivity contribution is 5.79. The summed E-state index contributed by atoms with van der Waals surface area (Å²) >= 11 is 0. The van der Waals surface area contributed by atoms with E-state index in [1.165, 1.54) is 12.1 Å². The Morgan fingerprint density at radius 2 is 2.00 bits per heavy atom. The molecule has 2 aromatic rings. The number of hydrogen-bond acceptors (Lipinski definition) is 3. The molecule has 0 aromatic heterocycles. The molecular formula is C15H15FN2O. The molecule has 0 fully saturated rings. The van der Waals surface area contributed by atoms with Gasteiger partial charge in [-0.05, 0) is 35.4 Å². The number of halogens is 1. The average Bonchev–Trinajstić information content (AvgIpc) is 2.45. The molecule has 1 N–H and O–H groups in total. The molecule has 2 rings (SSSR count). The van der Waals surface area contributed by atoms with Crippen molar-refractivity contribution < 1.29 is 9.13 Å². The van der Waals surface area contributed by atoms with Crippen molar-refractivity contribution in [2.75, 3.05) is 7.05 Å². The highest BCUT2D eigenvalue weighted by Crippen LogP contribution is 2.14. The van der Waals surface area contributed by atoms with Gasteiger partial charge in [0.25, 0.3) is 0 Å². The summed E-state index contributed by atoms with van der Waals surface area (Å²) in [5, 5.41) is 3.94. The van der Waals surface area contributed by atoms with Crippen molar-refractivity contribution in [3.05, 3.63) is 65.5 Å². The Morgan fingerprint density at radius 1 is 1.21 bits per heavy atom. The van der Waals surface area contributed by atoms with Gasteiger partial charge in [-0.2, -0.15) is 5.10 Å². The van der Waals surface area contributed by atoms with E-state index in [4.69, 9.17) is 4.74 Å². The molecule has 19 heavy (non-hydrogen) atoms. The molecule has 0 saturated carbocycles. The number of nitrogens with zero attached hydrogens (tertiary/aromatic N) is 1. The molecule has 3 nitrogen and oxygen atoms in total. The minimum atomic E-state index is -0.242. The Bertz CT molecular complexity index is 552. The van der Waals surface area contributed by atoms with Gasteiger partial charge in [-0.15, -0.1) is 0 Å². The molecule has 4 heteroatoms. The second-order valence-corrected chi connectivity index (χ2v) is 3.97. The van der Waals surface area contributed by atoms with E-state index in [2.05, 4.69) is 10.5 Å². The number of ether oxygens (including phenoxy) is 1. The first-order chi connectivity index (χ1) is 9.28. The van der Waals surface area contributed by atoms with Gasteiger partial charge in [0.2, 0.25) is 0 Å². The lowest BCUT2D eigenvalue weighted by atomic mass is 10.2. The molecule has 0 unspecified atom stereocenters. The monoisotopic (exact) mass is 258 g/mol. The van der Waals surface area contributed by atoms with E-state index in [0.29, 0.717) is 6.61 Å². The van der Waals surface area contributed by atoms with Crippen LogP contribution in [0.1, 0.15) is 11.1 Å². The van der Waals surface area contributed by atoms with Gasteiger partial charge in [0, 0.05) is 7.05 Å². The van der Waals surface area contributed by atoms with Crippen LogP contribution in [0.25, 0.3) is 0 Å². The lowest BCUT2D eigenvalue weighted by molar-refractivity contribution is 0.306. The minimum Gasteiger partial charge on any atom is -0.489 e. The van der Waals surface area contributed by atoms with Crippen molar-refractivity contribution in [1.29, 1.82) is 0 Å². The third-order valence-electron chi connectivity index (χ3n) is 2.52. The second kappa shape index (κ2) is 6.54. The third-order valence-corrected chi connectivity index (χ3v) is 2.52. The smallest absolute Gasteiger partial charge is 0.123 e. The molecular weight excluding hydrogens is 243 g/mol. The predicted molar refractivity (Wildman–Crippen MR) is 73.8 cm³/mol. The van der Waals surface area contributed by atoms with Crippen molar-refractivity contribution in [2.24, 2.45) is 5.10 Å². The number of rotatable bonds is 5. The van der Waals surface area contributed by atoms with Crippen LogP contribution < -0.4 is 10.2 Å². The number of hydrogen-bond donors (Lipinski definition) is 1. The molecule has 98 valence electrons.